The summed E-state index contributed by atoms with van der Waals surface area (Å²) in [6.07, 6.45) is 0. The highest BCUT2D eigenvalue weighted by Gasteiger charge is 2.21. The van der Waals surface area contributed by atoms with Gasteiger partial charge in [0, 0.05) is 11.6 Å². The lowest BCUT2D eigenvalue weighted by Gasteiger charge is -2.16. The van der Waals surface area contributed by atoms with Gasteiger partial charge in [-0.25, -0.2) is 4.39 Å². The van der Waals surface area contributed by atoms with Gasteiger partial charge >= 0.3 is 5.97 Å². The van der Waals surface area contributed by atoms with Crippen molar-refractivity contribution in [1.82, 2.24) is 5.32 Å². The fourth-order valence-electron chi connectivity index (χ4n) is 1.86. The lowest BCUT2D eigenvalue weighted by atomic mass is 10.1. The van der Waals surface area contributed by atoms with E-state index < -0.39 is 12.0 Å². The second-order valence-corrected chi connectivity index (χ2v) is 4.71. The molecule has 104 valence electrons. The Labute approximate surface area is 121 Å². The Morgan fingerprint density at radius 1 is 1.20 bits per heavy atom. The number of hydrogen-bond donors (Lipinski definition) is 2. The molecule has 2 aromatic carbocycles. The van der Waals surface area contributed by atoms with E-state index >= 15 is 0 Å². The summed E-state index contributed by atoms with van der Waals surface area (Å²) in [5, 5.41) is 12.6. The molecule has 0 saturated heterocycles. The van der Waals surface area contributed by atoms with E-state index in [1.807, 2.05) is 0 Å². The van der Waals surface area contributed by atoms with Crippen LogP contribution in [0.5, 0.6) is 0 Å². The molecule has 0 aliphatic rings. The molecule has 0 aliphatic heterocycles. The first-order valence-electron chi connectivity index (χ1n) is 6.03. The zero-order chi connectivity index (χ0) is 14.5. The predicted octanol–water partition coefficient (Wildman–Crippen LogP) is 3.39. The van der Waals surface area contributed by atoms with Gasteiger partial charge in [-0.1, -0.05) is 41.9 Å². The van der Waals surface area contributed by atoms with Gasteiger partial charge in [0.2, 0.25) is 0 Å². The van der Waals surface area contributed by atoms with Gasteiger partial charge in [-0.05, 0) is 29.3 Å². The summed E-state index contributed by atoms with van der Waals surface area (Å²) in [7, 11) is 0. The fraction of sp³-hybridized carbons (Fsp3) is 0.133. The SMILES string of the molecule is O=C(O)C(NCc1ccc(F)cc1)c1ccccc1Cl. The highest BCUT2D eigenvalue weighted by Crippen LogP contribution is 2.23. The Balaban J connectivity index is 2.13. The molecule has 20 heavy (non-hydrogen) atoms. The van der Waals surface area contributed by atoms with Crippen LogP contribution >= 0.6 is 11.6 Å². The molecule has 0 heterocycles. The normalized spacial score (nSPS) is 12.1. The summed E-state index contributed by atoms with van der Waals surface area (Å²) in [4.78, 5) is 11.3. The summed E-state index contributed by atoms with van der Waals surface area (Å²) in [6.45, 7) is 0.308. The number of rotatable bonds is 5. The third-order valence-corrected chi connectivity index (χ3v) is 3.23. The minimum atomic E-state index is -1.01. The molecule has 1 atom stereocenters. The van der Waals surface area contributed by atoms with Crippen molar-refractivity contribution in [3.05, 3.63) is 70.5 Å². The van der Waals surface area contributed by atoms with E-state index in [-0.39, 0.29) is 5.82 Å². The third-order valence-electron chi connectivity index (χ3n) is 2.89. The molecular formula is C15H13ClFNO2. The maximum Gasteiger partial charge on any atom is 0.325 e. The minimum absolute atomic E-state index is 0.308. The number of nitrogens with one attached hydrogen (secondary N) is 1. The molecule has 0 saturated carbocycles. The molecule has 3 nitrogen and oxygen atoms in total. The Hall–Kier alpha value is -1.91. The average molecular weight is 294 g/mol. The van der Waals surface area contributed by atoms with Crippen LogP contribution in [0.3, 0.4) is 0 Å². The molecule has 1 unspecified atom stereocenters. The van der Waals surface area contributed by atoms with Gasteiger partial charge < -0.3 is 5.11 Å². The quantitative estimate of drug-likeness (QED) is 0.888. The number of carbonyl (C=O) groups is 1. The van der Waals surface area contributed by atoms with Crippen molar-refractivity contribution in [2.24, 2.45) is 0 Å². The van der Waals surface area contributed by atoms with Crippen molar-refractivity contribution >= 4 is 17.6 Å². The van der Waals surface area contributed by atoms with E-state index in [0.717, 1.165) is 5.56 Å². The standard InChI is InChI=1S/C15H13ClFNO2/c16-13-4-2-1-3-12(13)14(15(19)20)18-9-10-5-7-11(17)8-6-10/h1-8,14,18H,9H2,(H,19,20). The van der Waals surface area contributed by atoms with E-state index in [1.54, 1.807) is 36.4 Å². The molecule has 2 rings (SSSR count). The maximum atomic E-state index is 12.8. The molecular weight excluding hydrogens is 281 g/mol. The van der Waals surface area contributed by atoms with E-state index in [2.05, 4.69) is 5.32 Å². The molecule has 0 fully saturated rings. The van der Waals surface area contributed by atoms with Crippen molar-refractivity contribution in [3.63, 3.8) is 0 Å². The van der Waals surface area contributed by atoms with Crippen molar-refractivity contribution in [2.75, 3.05) is 0 Å². The van der Waals surface area contributed by atoms with Gasteiger partial charge in [0.15, 0.2) is 0 Å². The zero-order valence-electron chi connectivity index (χ0n) is 10.5. The molecule has 0 aromatic heterocycles. The van der Waals surface area contributed by atoms with E-state index in [1.165, 1.54) is 12.1 Å². The first-order valence-corrected chi connectivity index (χ1v) is 6.41. The second-order valence-electron chi connectivity index (χ2n) is 4.30. The molecule has 0 aliphatic carbocycles. The largest absolute Gasteiger partial charge is 0.480 e. The number of carboxylic acid groups (broad SMARTS) is 1. The van der Waals surface area contributed by atoms with Crippen LogP contribution < -0.4 is 5.32 Å². The Bertz CT molecular complexity index is 601. The Morgan fingerprint density at radius 3 is 2.45 bits per heavy atom. The van der Waals surface area contributed by atoms with Gasteiger partial charge in [0.05, 0.1) is 0 Å². The van der Waals surface area contributed by atoms with E-state index in [4.69, 9.17) is 11.6 Å². The van der Waals surface area contributed by atoms with Crippen molar-refractivity contribution in [1.29, 1.82) is 0 Å². The van der Waals surface area contributed by atoms with Crippen molar-refractivity contribution in [2.45, 2.75) is 12.6 Å². The number of carboxylic acids is 1. The summed E-state index contributed by atoms with van der Waals surface area (Å²) >= 11 is 6.01. The molecule has 0 amide bonds. The lowest BCUT2D eigenvalue weighted by molar-refractivity contribution is -0.139. The topological polar surface area (TPSA) is 49.3 Å². The third kappa shape index (κ3) is 3.56. The monoisotopic (exact) mass is 293 g/mol. The van der Waals surface area contributed by atoms with Crippen LogP contribution in [0.4, 0.5) is 4.39 Å². The molecule has 2 N–H and O–H groups in total. The van der Waals surface area contributed by atoms with Gasteiger partial charge in [0.25, 0.3) is 0 Å². The van der Waals surface area contributed by atoms with Crippen LogP contribution in [0, 0.1) is 5.82 Å². The van der Waals surface area contributed by atoms with Gasteiger partial charge in [-0.3, -0.25) is 10.1 Å². The van der Waals surface area contributed by atoms with Crippen molar-refractivity contribution < 1.29 is 14.3 Å². The minimum Gasteiger partial charge on any atom is -0.480 e. The second kappa shape index (κ2) is 6.50. The van der Waals surface area contributed by atoms with Gasteiger partial charge in [-0.2, -0.15) is 0 Å². The lowest BCUT2D eigenvalue weighted by Crippen LogP contribution is -2.28. The highest BCUT2D eigenvalue weighted by atomic mass is 35.5. The van der Waals surface area contributed by atoms with Crippen LogP contribution in [0.2, 0.25) is 5.02 Å². The summed E-state index contributed by atoms with van der Waals surface area (Å²) in [6, 6.07) is 11.8. The molecule has 2 aromatic rings. The predicted molar refractivity (Wildman–Crippen MR) is 75.1 cm³/mol. The summed E-state index contributed by atoms with van der Waals surface area (Å²) in [5.74, 6) is -1.34. The van der Waals surface area contributed by atoms with Gasteiger partial charge in [-0.15, -0.1) is 0 Å². The van der Waals surface area contributed by atoms with Crippen LogP contribution in [0.15, 0.2) is 48.5 Å². The fourth-order valence-corrected chi connectivity index (χ4v) is 2.11. The summed E-state index contributed by atoms with van der Waals surface area (Å²) < 4.78 is 12.8. The molecule has 0 spiro atoms. The molecule has 5 heteroatoms. The first-order chi connectivity index (χ1) is 9.58. The number of halogens is 2. The van der Waals surface area contributed by atoms with E-state index in [9.17, 15) is 14.3 Å². The highest BCUT2D eigenvalue weighted by molar-refractivity contribution is 6.31. The maximum absolute atomic E-state index is 12.8. The van der Waals surface area contributed by atoms with Crippen LogP contribution in [0.25, 0.3) is 0 Å². The van der Waals surface area contributed by atoms with Crippen LogP contribution in [0.1, 0.15) is 17.2 Å². The number of hydrogen-bond acceptors (Lipinski definition) is 2. The van der Waals surface area contributed by atoms with Crippen LogP contribution in [-0.2, 0) is 11.3 Å². The zero-order valence-corrected chi connectivity index (χ0v) is 11.3. The van der Waals surface area contributed by atoms with Crippen LogP contribution in [-0.4, -0.2) is 11.1 Å². The molecule has 0 radical (unpaired) electrons. The van der Waals surface area contributed by atoms with Crippen molar-refractivity contribution in [3.8, 4) is 0 Å². The Kier molecular flexibility index (Phi) is 4.71. The smallest absolute Gasteiger partial charge is 0.325 e. The first kappa shape index (κ1) is 14.5. The van der Waals surface area contributed by atoms with Gasteiger partial charge in [0.1, 0.15) is 11.9 Å². The number of aliphatic carboxylic acids is 1. The Morgan fingerprint density at radius 2 is 1.85 bits per heavy atom. The van der Waals surface area contributed by atoms with E-state index in [0.29, 0.717) is 17.1 Å². The summed E-state index contributed by atoms with van der Waals surface area (Å²) in [5.41, 5.74) is 1.30. The average Bonchev–Trinajstić information content (AvgIpc) is 2.42. The molecule has 0 bridgehead atoms. The number of benzene rings is 2.